The summed E-state index contributed by atoms with van der Waals surface area (Å²) in [6.45, 7) is 9.47. The van der Waals surface area contributed by atoms with Crippen LogP contribution < -0.4 is 10.1 Å². The summed E-state index contributed by atoms with van der Waals surface area (Å²) < 4.78 is 17.6. The van der Waals surface area contributed by atoms with Gasteiger partial charge in [0.25, 0.3) is 5.91 Å². The van der Waals surface area contributed by atoms with Crippen molar-refractivity contribution in [3.8, 4) is 5.75 Å². The van der Waals surface area contributed by atoms with E-state index >= 15 is 0 Å². The molecule has 1 N–H and O–H groups in total. The summed E-state index contributed by atoms with van der Waals surface area (Å²) in [6, 6.07) is 8.07. The van der Waals surface area contributed by atoms with Gasteiger partial charge in [-0.2, -0.15) is 0 Å². The topological polar surface area (TPSA) is 97.4 Å². The lowest BCUT2D eigenvalue weighted by Crippen LogP contribution is -2.62. The number of fused-ring (bicyclic) bond motifs is 1. The monoisotopic (exact) mass is 517 g/mol. The number of morpholine rings is 1. The fraction of sp³-hybridized carbons (Fsp3) is 0.679. The molecule has 37 heavy (non-hydrogen) atoms. The Bertz CT molecular complexity index is 931. The molecule has 3 amide bonds. The third-order valence-corrected chi connectivity index (χ3v) is 6.65. The van der Waals surface area contributed by atoms with Crippen LogP contribution in [0.4, 0.5) is 4.79 Å². The van der Waals surface area contributed by atoms with Gasteiger partial charge in [0.05, 0.1) is 19.7 Å². The van der Waals surface area contributed by atoms with Crippen molar-refractivity contribution < 1.29 is 28.6 Å². The highest BCUT2D eigenvalue weighted by atomic mass is 16.6. The molecular weight excluding hydrogens is 474 g/mol. The van der Waals surface area contributed by atoms with E-state index in [-0.39, 0.29) is 31.5 Å². The summed E-state index contributed by atoms with van der Waals surface area (Å²) in [5, 5.41) is 2.54. The van der Waals surface area contributed by atoms with Crippen LogP contribution in [0.3, 0.4) is 0 Å². The van der Waals surface area contributed by atoms with Gasteiger partial charge in [-0.3, -0.25) is 9.59 Å². The molecule has 0 saturated carbocycles. The Kier molecular flexibility index (Phi) is 10.2. The van der Waals surface area contributed by atoms with Gasteiger partial charge in [-0.1, -0.05) is 31.5 Å². The standard InChI is InChI=1S/C28H43N3O6/c1-5-6-15-30-16-18-35-23-13-8-7-11-22(23)12-9-10-14-28(25(30)33)21-31(17-19-36-28)24(32)20-29-26(34)37-27(2,3)4/h7-8,11,13H,5-6,9-10,12,14-21H2,1-4H3,(H,29,34). The minimum Gasteiger partial charge on any atom is -0.491 e. The van der Waals surface area contributed by atoms with Crippen LogP contribution in [0.2, 0.25) is 0 Å². The zero-order valence-electron chi connectivity index (χ0n) is 22.8. The third-order valence-electron chi connectivity index (χ3n) is 6.65. The van der Waals surface area contributed by atoms with Gasteiger partial charge >= 0.3 is 6.09 Å². The number of aryl methyl sites for hydroxylation is 1. The summed E-state index contributed by atoms with van der Waals surface area (Å²) in [5.41, 5.74) is -0.590. The Morgan fingerprint density at radius 1 is 1.14 bits per heavy atom. The molecule has 206 valence electrons. The number of carbonyl (C=O) groups is 3. The van der Waals surface area contributed by atoms with Crippen molar-refractivity contribution in [3.05, 3.63) is 29.8 Å². The first-order valence-corrected chi connectivity index (χ1v) is 13.5. The van der Waals surface area contributed by atoms with Crippen molar-refractivity contribution in [1.29, 1.82) is 0 Å². The summed E-state index contributed by atoms with van der Waals surface area (Å²) in [5.74, 6) is 0.532. The van der Waals surface area contributed by atoms with E-state index in [1.165, 1.54) is 0 Å². The number of ether oxygens (including phenoxy) is 3. The van der Waals surface area contributed by atoms with Crippen LogP contribution in [0, 0.1) is 0 Å². The highest BCUT2D eigenvalue weighted by molar-refractivity contribution is 5.88. The van der Waals surface area contributed by atoms with Gasteiger partial charge < -0.3 is 29.3 Å². The molecule has 9 nitrogen and oxygen atoms in total. The smallest absolute Gasteiger partial charge is 0.408 e. The van der Waals surface area contributed by atoms with Gasteiger partial charge in [-0.05, 0) is 64.5 Å². The van der Waals surface area contributed by atoms with Crippen LogP contribution in [-0.4, -0.2) is 84.8 Å². The number of rotatable bonds is 5. The molecule has 2 aliphatic rings. The number of unbranched alkanes of at least 4 members (excludes halogenated alkanes) is 1. The molecule has 0 bridgehead atoms. The molecule has 9 heteroatoms. The van der Waals surface area contributed by atoms with Gasteiger partial charge in [0.1, 0.15) is 24.5 Å². The van der Waals surface area contributed by atoms with E-state index in [9.17, 15) is 14.4 Å². The molecule has 1 unspecified atom stereocenters. The van der Waals surface area contributed by atoms with E-state index in [4.69, 9.17) is 14.2 Å². The molecule has 2 aliphatic heterocycles. The first-order chi connectivity index (χ1) is 17.6. The number of hydrogen-bond acceptors (Lipinski definition) is 6. The predicted octanol–water partition coefficient (Wildman–Crippen LogP) is 3.54. The van der Waals surface area contributed by atoms with Crippen molar-refractivity contribution in [1.82, 2.24) is 15.1 Å². The highest BCUT2D eigenvalue weighted by Gasteiger charge is 2.46. The SMILES string of the molecule is CCCCN1CCOc2ccccc2CCCCC2(CN(C(=O)CNC(=O)OC(C)(C)C)CCO2)C1=O. The molecule has 0 aromatic heterocycles. The van der Waals surface area contributed by atoms with Crippen molar-refractivity contribution in [2.45, 2.75) is 77.4 Å². The number of para-hydroxylation sites is 1. The van der Waals surface area contributed by atoms with Crippen molar-refractivity contribution >= 4 is 17.9 Å². The lowest BCUT2D eigenvalue weighted by molar-refractivity contribution is -0.176. The van der Waals surface area contributed by atoms with Crippen LogP contribution in [0.5, 0.6) is 5.75 Å². The van der Waals surface area contributed by atoms with Gasteiger partial charge in [-0.15, -0.1) is 0 Å². The van der Waals surface area contributed by atoms with Crippen LogP contribution in [-0.2, 0) is 25.5 Å². The van der Waals surface area contributed by atoms with Crippen molar-refractivity contribution in [2.75, 3.05) is 45.9 Å². The normalized spacial score (nSPS) is 21.4. The first-order valence-electron chi connectivity index (χ1n) is 13.5. The molecule has 1 saturated heterocycles. The average Bonchev–Trinajstić information content (AvgIpc) is 2.86. The van der Waals surface area contributed by atoms with E-state index < -0.39 is 17.3 Å². The predicted molar refractivity (Wildman–Crippen MR) is 140 cm³/mol. The quantitative estimate of drug-likeness (QED) is 0.642. The maximum atomic E-state index is 14.0. The number of hydrogen-bond donors (Lipinski definition) is 1. The lowest BCUT2D eigenvalue weighted by Gasteiger charge is -2.44. The van der Waals surface area contributed by atoms with Crippen LogP contribution in [0.1, 0.15) is 65.4 Å². The van der Waals surface area contributed by atoms with Crippen LogP contribution >= 0.6 is 0 Å². The average molecular weight is 518 g/mol. The highest BCUT2D eigenvalue weighted by Crippen LogP contribution is 2.30. The molecule has 1 aromatic rings. The molecule has 3 rings (SSSR count). The second kappa shape index (κ2) is 13.1. The molecule has 1 fully saturated rings. The zero-order chi connectivity index (χ0) is 26.9. The van der Waals surface area contributed by atoms with E-state index in [0.717, 1.165) is 43.4 Å². The zero-order valence-corrected chi connectivity index (χ0v) is 22.8. The maximum Gasteiger partial charge on any atom is 0.408 e. The number of nitrogens with one attached hydrogen (secondary N) is 1. The minimum atomic E-state index is -1.10. The fourth-order valence-electron chi connectivity index (χ4n) is 4.75. The van der Waals surface area contributed by atoms with Crippen molar-refractivity contribution in [2.24, 2.45) is 0 Å². The summed E-state index contributed by atoms with van der Waals surface area (Å²) in [6.07, 6.45) is 4.23. The number of nitrogens with zero attached hydrogens (tertiary/aromatic N) is 2. The van der Waals surface area contributed by atoms with Crippen molar-refractivity contribution in [3.63, 3.8) is 0 Å². The Morgan fingerprint density at radius 2 is 1.92 bits per heavy atom. The molecule has 1 atom stereocenters. The Labute approximate surface area is 220 Å². The van der Waals surface area contributed by atoms with E-state index in [2.05, 4.69) is 18.3 Å². The molecule has 1 aromatic carbocycles. The largest absolute Gasteiger partial charge is 0.491 e. The second-order valence-electron chi connectivity index (χ2n) is 10.8. The number of benzene rings is 1. The van der Waals surface area contributed by atoms with Gasteiger partial charge in [0.2, 0.25) is 5.91 Å². The second-order valence-corrected chi connectivity index (χ2v) is 10.8. The van der Waals surface area contributed by atoms with E-state index in [1.54, 1.807) is 25.7 Å². The van der Waals surface area contributed by atoms with Gasteiger partial charge in [-0.25, -0.2) is 4.79 Å². The lowest BCUT2D eigenvalue weighted by atomic mass is 9.90. The summed E-state index contributed by atoms with van der Waals surface area (Å²) in [7, 11) is 0. The molecule has 2 heterocycles. The van der Waals surface area contributed by atoms with E-state index in [0.29, 0.717) is 32.7 Å². The number of alkyl carbamates (subject to hydrolysis) is 1. The molecule has 0 aliphatic carbocycles. The minimum absolute atomic E-state index is 0.0870. The summed E-state index contributed by atoms with van der Waals surface area (Å²) in [4.78, 5) is 42.5. The van der Waals surface area contributed by atoms with Crippen LogP contribution in [0.25, 0.3) is 0 Å². The van der Waals surface area contributed by atoms with E-state index in [1.807, 2.05) is 23.1 Å². The van der Waals surface area contributed by atoms with Gasteiger partial charge in [0, 0.05) is 13.1 Å². The number of amides is 3. The molecular formula is C28H43N3O6. The fourth-order valence-corrected chi connectivity index (χ4v) is 4.75. The maximum absolute atomic E-state index is 14.0. The third kappa shape index (κ3) is 8.35. The van der Waals surface area contributed by atoms with Crippen LogP contribution in [0.15, 0.2) is 24.3 Å². The Hall–Kier alpha value is -2.81. The van der Waals surface area contributed by atoms with Gasteiger partial charge in [0.15, 0.2) is 5.60 Å². The Balaban J connectivity index is 1.75. The molecule has 1 spiro atoms. The summed E-state index contributed by atoms with van der Waals surface area (Å²) >= 11 is 0. The first kappa shape index (κ1) is 28.8. The Morgan fingerprint density at radius 3 is 2.68 bits per heavy atom. The molecule has 0 radical (unpaired) electrons. The number of carbonyl (C=O) groups excluding carboxylic acids is 3.